The molecule has 0 aliphatic carbocycles. The van der Waals surface area contributed by atoms with Gasteiger partial charge < -0.3 is 10.1 Å². The smallest absolute Gasteiger partial charge is 0.423 e. The predicted molar refractivity (Wildman–Crippen MR) is 87.0 cm³/mol. The van der Waals surface area contributed by atoms with Crippen LogP contribution in [0.4, 0.5) is 38.0 Å². The third-order valence-corrected chi connectivity index (χ3v) is 3.41. The van der Waals surface area contributed by atoms with E-state index in [1.54, 1.807) is 18.2 Å². The fourth-order valence-corrected chi connectivity index (χ4v) is 2.25. The van der Waals surface area contributed by atoms with Crippen LogP contribution in [0, 0.1) is 0 Å². The largest absolute Gasteiger partial charge is 0.467 e. The van der Waals surface area contributed by atoms with Gasteiger partial charge in [-0.1, -0.05) is 39.0 Å². The standard InChI is InChI=1S/C17H17F6N3O/c1-15(2,3)10-6-4-5-7-12(10)25-14-24-8-11(17(21,22)23)13(26-14)27-9-16(18,19)20/h4-8H,9H2,1-3H3,(H,24,25,26). The number of nitrogens with one attached hydrogen (secondary N) is 1. The molecule has 2 aromatic rings. The molecule has 4 nitrogen and oxygen atoms in total. The third-order valence-electron chi connectivity index (χ3n) is 3.41. The number of benzene rings is 1. The van der Waals surface area contributed by atoms with Crippen LogP contribution in [-0.4, -0.2) is 22.8 Å². The topological polar surface area (TPSA) is 47.0 Å². The minimum Gasteiger partial charge on any atom is -0.467 e. The zero-order chi connectivity index (χ0) is 20.5. The van der Waals surface area contributed by atoms with E-state index >= 15 is 0 Å². The minimum absolute atomic E-state index is 0.300. The fourth-order valence-electron chi connectivity index (χ4n) is 2.25. The van der Waals surface area contributed by atoms with Gasteiger partial charge in [0.15, 0.2) is 6.61 Å². The highest BCUT2D eigenvalue weighted by molar-refractivity contribution is 5.60. The lowest BCUT2D eigenvalue weighted by Crippen LogP contribution is -2.22. The first-order chi connectivity index (χ1) is 12.3. The molecular formula is C17H17F6N3O. The highest BCUT2D eigenvalue weighted by atomic mass is 19.4. The van der Waals surface area contributed by atoms with E-state index in [2.05, 4.69) is 20.0 Å². The molecule has 0 aliphatic heterocycles. The Morgan fingerprint density at radius 2 is 1.59 bits per heavy atom. The number of nitrogens with zero attached hydrogens (tertiary/aromatic N) is 2. The number of rotatable bonds is 4. The van der Waals surface area contributed by atoms with Crippen molar-refractivity contribution in [3.8, 4) is 5.88 Å². The molecule has 0 atom stereocenters. The molecule has 1 N–H and O–H groups in total. The van der Waals surface area contributed by atoms with Crippen molar-refractivity contribution in [2.45, 2.75) is 38.5 Å². The van der Waals surface area contributed by atoms with E-state index in [1.165, 1.54) is 0 Å². The summed E-state index contributed by atoms with van der Waals surface area (Å²) in [5.41, 5.74) is -0.440. The molecule has 0 radical (unpaired) electrons. The molecule has 2 rings (SSSR count). The molecule has 0 fully saturated rings. The van der Waals surface area contributed by atoms with E-state index in [9.17, 15) is 26.3 Å². The van der Waals surface area contributed by atoms with Gasteiger partial charge in [0.2, 0.25) is 11.8 Å². The number of hydrogen-bond acceptors (Lipinski definition) is 4. The zero-order valence-electron chi connectivity index (χ0n) is 14.7. The van der Waals surface area contributed by atoms with Crippen molar-refractivity contribution in [1.82, 2.24) is 9.97 Å². The molecule has 0 unspecified atom stereocenters. The number of alkyl halides is 6. The van der Waals surface area contributed by atoms with Crippen LogP contribution in [0.1, 0.15) is 31.9 Å². The van der Waals surface area contributed by atoms with Gasteiger partial charge in [-0.3, -0.25) is 0 Å². The van der Waals surface area contributed by atoms with Gasteiger partial charge in [-0.15, -0.1) is 0 Å². The van der Waals surface area contributed by atoms with Crippen LogP contribution in [0.15, 0.2) is 30.5 Å². The molecule has 1 heterocycles. The Morgan fingerprint density at radius 1 is 0.963 bits per heavy atom. The lowest BCUT2D eigenvalue weighted by molar-refractivity contribution is -0.159. The quantitative estimate of drug-likeness (QED) is 0.699. The van der Waals surface area contributed by atoms with E-state index in [1.807, 2.05) is 26.8 Å². The zero-order valence-corrected chi connectivity index (χ0v) is 14.7. The Morgan fingerprint density at radius 3 is 2.15 bits per heavy atom. The second kappa shape index (κ2) is 7.24. The van der Waals surface area contributed by atoms with Crippen LogP contribution < -0.4 is 10.1 Å². The highest BCUT2D eigenvalue weighted by Crippen LogP contribution is 2.36. The maximum atomic E-state index is 13.0. The lowest BCUT2D eigenvalue weighted by atomic mass is 9.86. The van der Waals surface area contributed by atoms with Gasteiger partial charge in [-0.05, 0) is 17.0 Å². The second-order valence-corrected chi connectivity index (χ2v) is 6.73. The Kier molecular flexibility index (Phi) is 5.58. The maximum absolute atomic E-state index is 13.0. The normalized spacial score (nSPS) is 12.8. The molecule has 0 amide bonds. The predicted octanol–water partition coefficient (Wildman–Crippen LogP) is 5.48. The van der Waals surface area contributed by atoms with Crippen molar-refractivity contribution in [3.05, 3.63) is 41.6 Å². The lowest BCUT2D eigenvalue weighted by Gasteiger charge is -2.23. The van der Waals surface area contributed by atoms with Crippen molar-refractivity contribution < 1.29 is 31.1 Å². The summed E-state index contributed by atoms with van der Waals surface area (Å²) in [5.74, 6) is -1.50. The van der Waals surface area contributed by atoms with E-state index in [4.69, 9.17) is 0 Å². The molecule has 0 aliphatic rings. The van der Waals surface area contributed by atoms with E-state index in [0.29, 0.717) is 11.9 Å². The van der Waals surface area contributed by atoms with Crippen LogP contribution in [0.2, 0.25) is 0 Å². The highest BCUT2D eigenvalue weighted by Gasteiger charge is 2.38. The average molecular weight is 393 g/mol. The van der Waals surface area contributed by atoms with Crippen molar-refractivity contribution in [2.24, 2.45) is 0 Å². The van der Waals surface area contributed by atoms with Crippen LogP contribution >= 0.6 is 0 Å². The molecule has 0 saturated heterocycles. The molecular weight excluding hydrogens is 376 g/mol. The van der Waals surface area contributed by atoms with Gasteiger partial charge in [-0.2, -0.15) is 31.3 Å². The summed E-state index contributed by atoms with van der Waals surface area (Å²) in [6.45, 7) is 3.89. The Bertz CT molecular complexity index is 796. The maximum Gasteiger partial charge on any atom is 0.423 e. The summed E-state index contributed by atoms with van der Waals surface area (Å²) in [4.78, 5) is 7.06. The van der Waals surface area contributed by atoms with Crippen LogP contribution in [0.5, 0.6) is 5.88 Å². The summed E-state index contributed by atoms with van der Waals surface area (Å²) in [6, 6.07) is 6.96. The summed E-state index contributed by atoms with van der Waals surface area (Å²) < 4.78 is 80.2. The van der Waals surface area contributed by atoms with Crippen LogP contribution in [-0.2, 0) is 11.6 Å². The van der Waals surface area contributed by atoms with E-state index in [0.717, 1.165) is 5.56 Å². The Labute approximate surface area is 151 Å². The first kappa shape index (κ1) is 20.8. The minimum atomic E-state index is -4.96. The van der Waals surface area contributed by atoms with Gasteiger partial charge in [0, 0.05) is 11.9 Å². The van der Waals surface area contributed by atoms with Crippen LogP contribution in [0.25, 0.3) is 0 Å². The molecule has 1 aromatic carbocycles. The number of aromatic nitrogens is 2. The van der Waals surface area contributed by atoms with Crippen molar-refractivity contribution >= 4 is 11.6 Å². The monoisotopic (exact) mass is 393 g/mol. The number of ether oxygens (including phenoxy) is 1. The fraction of sp³-hybridized carbons (Fsp3) is 0.412. The van der Waals surface area contributed by atoms with Crippen LogP contribution in [0.3, 0.4) is 0 Å². The van der Waals surface area contributed by atoms with Gasteiger partial charge in [0.1, 0.15) is 5.56 Å². The summed E-state index contributed by atoms with van der Waals surface area (Å²) in [5, 5.41) is 2.74. The summed E-state index contributed by atoms with van der Waals surface area (Å²) in [7, 11) is 0. The number of hydrogen-bond donors (Lipinski definition) is 1. The Hall–Kier alpha value is -2.52. The Balaban J connectivity index is 2.39. The van der Waals surface area contributed by atoms with Gasteiger partial charge >= 0.3 is 12.4 Å². The van der Waals surface area contributed by atoms with Crippen molar-refractivity contribution in [3.63, 3.8) is 0 Å². The number of anilines is 2. The summed E-state index contributed by atoms with van der Waals surface area (Å²) in [6.07, 6.45) is -9.37. The summed E-state index contributed by atoms with van der Waals surface area (Å²) >= 11 is 0. The molecule has 0 bridgehead atoms. The van der Waals surface area contributed by atoms with E-state index in [-0.39, 0.29) is 11.4 Å². The second-order valence-electron chi connectivity index (χ2n) is 6.73. The first-order valence-electron chi connectivity index (χ1n) is 7.78. The number of para-hydroxylation sites is 1. The van der Waals surface area contributed by atoms with Crippen molar-refractivity contribution in [1.29, 1.82) is 0 Å². The molecule has 0 saturated carbocycles. The van der Waals surface area contributed by atoms with Gasteiger partial charge in [0.05, 0.1) is 0 Å². The van der Waals surface area contributed by atoms with Crippen molar-refractivity contribution in [2.75, 3.05) is 11.9 Å². The molecule has 10 heteroatoms. The molecule has 0 spiro atoms. The SMILES string of the molecule is CC(C)(C)c1ccccc1Nc1ncc(C(F)(F)F)c(OCC(F)(F)F)n1. The number of halogens is 6. The average Bonchev–Trinajstić information content (AvgIpc) is 2.51. The van der Waals surface area contributed by atoms with Gasteiger partial charge in [0.25, 0.3) is 0 Å². The van der Waals surface area contributed by atoms with Gasteiger partial charge in [-0.25, -0.2) is 4.98 Å². The third kappa shape index (κ3) is 5.73. The molecule has 1 aromatic heterocycles. The molecule has 148 valence electrons. The first-order valence-corrected chi connectivity index (χ1v) is 7.78. The van der Waals surface area contributed by atoms with E-state index < -0.39 is 30.4 Å². The molecule has 27 heavy (non-hydrogen) atoms.